The lowest BCUT2D eigenvalue weighted by atomic mass is 10.1. The first-order chi connectivity index (χ1) is 4.75. The normalized spacial score (nSPS) is 41.7. The number of ether oxygens (including phenoxy) is 1. The van der Waals surface area contributed by atoms with Crippen molar-refractivity contribution in [3.05, 3.63) is 0 Å². The third-order valence-electron chi connectivity index (χ3n) is 1.71. The second-order valence-electron chi connectivity index (χ2n) is 2.36. The molecule has 1 aliphatic rings. The number of rotatable bonds is 1. The van der Waals surface area contributed by atoms with Crippen molar-refractivity contribution in [3.63, 3.8) is 0 Å². The molecule has 0 amide bonds. The van der Waals surface area contributed by atoms with E-state index in [4.69, 9.17) is 4.74 Å². The second kappa shape index (κ2) is 3.25. The molecule has 0 saturated carbocycles. The molecule has 0 aromatic heterocycles. The zero-order valence-electron chi connectivity index (χ0n) is 5.81. The van der Waals surface area contributed by atoms with Crippen molar-refractivity contribution in [2.45, 2.75) is 25.0 Å². The first kappa shape index (κ1) is 7.88. The molecule has 10 heavy (non-hydrogen) atoms. The van der Waals surface area contributed by atoms with Crippen LogP contribution in [0.4, 0.5) is 8.78 Å². The molecule has 0 aromatic rings. The second-order valence-corrected chi connectivity index (χ2v) is 2.36. The van der Waals surface area contributed by atoms with Crippen molar-refractivity contribution in [1.29, 1.82) is 0 Å². The number of piperidine rings is 1. The molecule has 1 heterocycles. The third-order valence-corrected chi connectivity index (χ3v) is 1.71. The maximum absolute atomic E-state index is 12.7. The van der Waals surface area contributed by atoms with E-state index in [2.05, 4.69) is 5.32 Å². The molecular weight excluding hydrogens is 140 g/mol. The molecule has 4 heteroatoms. The molecule has 2 nitrogen and oxygen atoms in total. The van der Waals surface area contributed by atoms with Gasteiger partial charge in [-0.1, -0.05) is 0 Å². The molecule has 1 fully saturated rings. The van der Waals surface area contributed by atoms with Gasteiger partial charge in [-0.3, -0.25) is 5.32 Å². The fraction of sp³-hybridized carbons (Fsp3) is 1.00. The SMILES string of the molecule is COC1CCNC(F)C1F. The Balaban J connectivity index is 2.42. The summed E-state index contributed by atoms with van der Waals surface area (Å²) < 4.78 is 29.8. The van der Waals surface area contributed by atoms with Crippen LogP contribution in [0.1, 0.15) is 6.42 Å². The molecule has 1 saturated heterocycles. The van der Waals surface area contributed by atoms with Gasteiger partial charge in [-0.15, -0.1) is 0 Å². The summed E-state index contributed by atoms with van der Waals surface area (Å²) >= 11 is 0. The number of alkyl halides is 2. The summed E-state index contributed by atoms with van der Waals surface area (Å²) in [6, 6.07) is 0. The molecule has 0 bridgehead atoms. The number of hydrogen-bond donors (Lipinski definition) is 1. The highest BCUT2D eigenvalue weighted by molar-refractivity contribution is 4.81. The van der Waals surface area contributed by atoms with Crippen molar-refractivity contribution >= 4 is 0 Å². The molecule has 0 radical (unpaired) electrons. The van der Waals surface area contributed by atoms with Gasteiger partial charge in [0.1, 0.15) is 0 Å². The highest BCUT2D eigenvalue weighted by atomic mass is 19.2. The topological polar surface area (TPSA) is 21.3 Å². The molecule has 1 aliphatic heterocycles. The molecule has 3 atom stereocenters. The first-order valence-corrected chi connectivity index (χ1v) is 3.30. The molecule has 3 unspecified atom stereocenters. The van der Waals surface area contributed by atoms with Crippen LogP contribution in [0.3, 0.4) is 0 Å². The Morgan fingerprint density at radius 1 is 1.50 bits per heavy atom. The number of nitrogens with one attached hydrogen (secondary N) is 1. The van der Waals surface area contributed by atoms with E-state index >= 15 is 0 Å². The summed E-state index contributed by atoms with van der Waals surface area (Å²) in [5.41, 5.74) is 0. The molecule has 1 N–H and O–H groups in total. The molecule has 60 valence electrons. The minimum absolute atomic E-state index is 0.486. The van der Waals surface area contributed by atoms with E-state index in [1.165, 1.54) is 7.11 Å². The first-order valence-electron chi connectivity index (χ1n) is 3.30. The van der Waals surface area contributed by atoms with Crippen LogP contribution < -0.4 is 5.32 Å². The fourth-order valence-corrected chi connectivity index (χ4v) is 1.07. The number of hydrogen-bond acceptors (Lipinski definition) is 2. The average molecular weight is 151 g/mol. The Hall–Kier alpha value is -0.220. The van der Waals surface area contributed by atoms with E-state index in [1.54, 1.807) is 0 Å². The van der Waals surface area contributed by atoms with E-state index in [0.29, 0.717) is 13.0 Å². The van der Waals surface area contributed by atoms with Crippen molar-refractivity contribution in [2.24, 2.45) is 0 Å². The predicted molar refractivity (Wildman–Crippen MR) is 33.2 cm³/mol. The fourth-order valence-electron chi connectivity index (χ4n) is 1.07. The summed E-state index contributed by atoms with van der Waals surface area (Å²) in [5, 5.41) is 2.37. The zero-order valence-corrected chi connectivity index (χ0v) is 5.81. The summed E-state index contributed by atoms with van der Waals surface area (Å²) in [5.74, 6) is 0. The van der Waals surface area contributed by atoms with Crippen LogP contribution in [0.5, 0.6) is 0 Å². The largest absolute Gasteiger partial charge is 0.378 e. The molecule has 0 spiro atoms. The van der Waals surface area contributed by atoms with Crippen LogP contribution in [0.25, 0.3) is 0 Å². The molecule has 1 rings (SSSR count). The van der Waals surface area contributed by atoms with Crippen molar-refractivity contribution in [3.8, 4) is 0 Å². The zero-order chi connectivity index (χ0) is 7.56. The summed E-state index contributed by atoms with van der Waals surface area (Å²) in [6.45, 7) is 0.486. The standard InChI is InChI=1S/C6H11F2NO/c1-10-4-2-3-9-6(8)5(4)7/h4-6,9H,2-3H2,1H3. The van der Waals surface area contributed by atoms with Crippen LogP contribution >= 0.6 is 0 Å². The maximum atomic E-state index is 12.7. The average Bonchev–Trinajstić information content (AvgIpc) is 1.95. The van der Waals surface area contributed by atoms with E-state index in [0.717, 1.165) is 0 Å². The van der Waals surface area contributed by atoms with Crippen LogP contribution in [0.2, 0.25) is 0 Å². The van der Waals surface area contributed by atoms with Crippen LogP contribution in [-0.2, 0) is 4.74 Å². The Morgan fingerprint density at radius 2 is 2.20 bits per heavy atom. The molecule has 0 aromatic carbocycles. The molecule has 0 aliphatic carbocycles. The van der Waals surface area contributed by atoms with Gasteiger partial charge in [-0.05, 0) is 6.42 Å². The van der Waals surface area contributed by atoms with Gasteiger partial charge in [-0.25, -0.2) is 8.78 Å². The predicted octanol–water partition coefficient (Wildman–Crippen LogP) is 0.628. The van der Waals surface area contributed by atoms with E-state index in [9.17, 15) is 8.78 Å². The third kappa shape index (κ3) is 1.44. The Bertz CT molecular complexity index is 112. The quantitative estimate of drug-likeness (QED) is 0.555. The van der Waals surface area contributed by atoms with Gasteiger partial charge in [0.05, 0.1) is 6.10 Å². The minimum Gasteiger partial charge on any atom is -0.378 e. The Morgan fingerprint density at radius 3 is 2.70 bits per heavy atom. The highest BCUT2D eigenvalue weighted by Crippen LogP contribution is 2.16. The maximum Gasteiger partial charge on any atom is 0.185 e. The monoisotopic (exact) mass is 151 g/mol. The van der Waals surface area contributed by atoms with Crippen LogP contribution in [0, 0.1) is 0 Å². The smallest absolute Gasteiger partial charge is 0.185 e. The van der Waals surface area contributed by atoms with Gasteiger partial charge >= 0.3 is 0 Å². The van der Waals surface area contributed by atoms with Crippen molar-refractivity contribution in [1.82, 2.24) is 5.32 Å². The number of halogens is 2. The van der Waals surface area contributed by atoms with E-state index in [-0.39, 0.29) is 0 Å². The van der Waals surface area contributed by atoms with Crippen molar-refractivity contribution < 1.29 is 13.5 Å². The summed E-state index contributed by atoms with van der Waals surface area (Å²) in [7, 11) is 1.40. The van der Waals surface area contributed by atoms with Gasteiger partial charge in [-0.2, -0.15) is 0 Å². The van der Waals surface area contributed by atoms with E-state index < -0.39 is 18.6 Å². The van der Waals surface area contributed by atoms with Crippen molar-refractivity contribution in [2.75, 3.05) is 13.7 Å². The lowest BCUT2D eigenvalue weighted by molar-refractivity contribution is -0.0387. The lowest BCUT2D eigenvalue weighted by Crippen LogP contribution is -2.48. The minimum atomic E-state index is -1.56. The number of methoxy groups -OCH3 is 1. The highest BCUT2D eigenvalue weighted by Gasteiger charge is 2.32. The van der Waals surface area contributed by atoms with Gasteiger partial charge in [0, 0.05) is 13.7 Å². The molecular formula is C6H11F2NO. The van der Waals surface area contributed by atoms with Crippen LogP contribution in [0.15, 0.2) is 0 Å². The van der Waals surface area contributed by atoms with Gasteiger partial charge < -0.3 is 4.74 Å². The van der Waals surface area contributed by atoms with E-state index in [1.807, 2.05) is 0 Å². The Kier molecular flexibility index (Phi) is 2.56. The summed E-state index contributed by atoms with van der Waals surface area (Å²) in [4.78, 5) is 0. The Labute approximate surface area is 58.6 Å². The lowest BCUT2D eigenvalue weighted by Gasteiger charge is -2.28. The van der Waals surface area contributed by atoms with Gasteiger partial charge in [0.25, 0.3) is 0 Å². The van der Waals surface area contributed by atoms with Gasteiger partial charge in [0.2, 0.25) is 0 Å². The summed E-state index contributed by atoms with van der Waals surface area (Å²) in [6.07, 6.45) is -3.10. The van der Waals surface area contributed by atoms with Crippen LogP contribution in [-0.4, -0.2) is 32.2 Å². The van der Waals surface area contributed by atoms with Gasteiger partial charge in [0.15, 0.2) is 12.5 Å².